The molecule has 0 aromatic carbocycles. The average Bonchev–Trinajstić information content (AvgIpc) is 2.58. The van der Waals surface area contributed by atoms with Crippen molar-refractivity contribution in [3.05, 3.63) is 0 Å². The molecule has 168 valence electrons. The molecule has 0 saturated carbocycles. The standard InChI is InChI=1S/C19H35N3O6S/c1-12(2)15(17(25)27-9)22(8)16(24)14(10-29-11-20-13(3)23)21(7)18(26)28-19(4,5)6/h12,14-15H,10-11H2,1-9H3,(H,20,23)/t14-,15-/m0/s1. The molecule has 0 radical (unpaired) electrons. The van der Waals surface area contributed by atoms with Crippen LogP contribution in [0.1, 0.15) is 41.5 Å². The Kier molecular flexibility index (Phi) is 11.1. The van der Waals surface area contributed by atoms with Crippen molar-refractivity contribution in [2.24, 2.45) is 5.92 Å². The first-order chi connectivity index (χ1) is 13.2. The maximum Gasteiger partial charge on any atom is 0.410 e. The quantitative estimate of drug-likeness (QED) is 0.335. The minimum absolute atomic E-state index is 0.184. The van der Waals surface area contributed by atoms with E-state index in [4.69, 9.17) is 9.47 Å². The summed E-state index contributed by atoms with van der Waals surface area (Å²) >= 11 is 1.29. The molecule has 10 heteroatoms. The van der Waals surface area contributed by atoms with Crippen molar-refractivity contribution in [3.8, 4) is 0 Å². The van der Waals surface area contributed by atoms with E-state index < -0.39 is 35.7 Å². The van der Waals surface area contributed by atoms with Crippen molar-refractivity contribution >= 4 is 35.6 Å². The Morgan fingerprint density at radius 2 is 1.62 bits per heavy atom. The van der Waals surface area contributed by atoms with Crippen LogP contribution in [0.25, 0.3) is 0 Å². The van der Waals surface area contributed by atoms with E-state index >= 15 is 0 Å². The molecule has 0 aliphatic rings. The third-order valence-electron chi connectivity index (χ3n) is 3.97. The Bertz CT molecular complexity index is 591. The van der Waals surface area contributed by atoms with Crippen LogP contribution in [0.3, 0.4) is 0 Å². The van der Waals surface area contributed by atoms with Gasteiger partial charge in [-0.1, -0.05) is 13.8 Å². The Morgan fingerprint density at radius 1 is 1.07 bits per heavy atom. The van der Waals surface area contributed by atoms with Gasteiger partial charge in [-0.15, -0.1) is 11.8 Å². The summed E-state index contributed by atoms with van der Waals surface area (Å²) in [6, 6.07) is -1.68. The first-order valence-corrected chi connectivity index (χ1v) is 10.5. The lowest BCUT2D eigenvalue weighted by Crippen LogP contribution is -2.55. The fourth-order valence-corrected chi connectivity index (χ4v) is 3.52. The number of rotatable bonds is 9. The van der Waals surface area contributed by atoms with Gasteiger partial charge in [0.2, 0.25) is 11.8 Å². The van der Waals surface area contributed by atoms with Crippen LogP contribution in [0.2, 0.25) is 0 Å². The van der Waals surface area contributed by atoms with Crippen molar-refractivity contribution in [2.45, 2.75) is 59.2 Å². The smallest absolute Gasteiger partial charge is 0.410 e. The molecule has 0 bridgehead atoms. The van der Waals surface area contributed by atoms with Crippen molar-refractivity contribution < 1.29 is 28.7 Å². The molecule has 0 aliphatic carbocycles. The summed E-state index contributed by atoms with van der Waals surface area (Å²) in [6.07, 6.45) is -0.649. The number of esters is 1. The highest BCUT2D eigenvalue weighted by Crippen LogP contribution is 2.18. The predicted molar refractivity (Wildman–Crippen MR) is 112 cm³/mol. The van der Waals surface area contributed by atoms with Crippen molar-refractivity contribution in [1.82, 2.24) is 15.1 Å². The van der Waals surface area contributed by atoms with Gasteiger partial charge < -0.3 is 19.7 Å². The van der Waals surface area contributed by atoms with E-state index in [1.54, 1.807) is 20.8 Å². The van der Waals surface area contributed by atoms with E-state index in [2.05, 4.69) is 5.32 Å². The number of ether oxygens (including phenoxy) is 2. The summed E-state index contributed by atoms with van der Waals surface area (Å²) in [4.78, 5) is 51.5. The van der Waals surface area contributed by atoms with E-state index in [-0.39, 0.29) is 23.5 Å². The van der Waals surface area contributed by atoms with Crippen LogP contribution in [-0.4, -0.2) is 84.2 Å². The van der Waals surface area contributed by atoms with E-state index in [0.717, 1.165) is 0 Å². The number of amides is 3. The van der Waals surface area contributed by atoms with Crippen LogP contribution in [0.15, 0.2) is 0 Å². The second kappa shape index (κ2) is 11.9. The molecule has 3 amide bonds. The summed E-state index contributed by atoms with van der Waals surface area (Å²) in [7, 11) is 4.26. The summed E-state index contributed by atoms with van der Waals surface area (Å²) in [5, 5.41) is 2.63. The van der Waals surface area contributed by atoms with Gasteiger partial charge in [0.15, 0.2) is 0 Å². The molecule has 0 unspecified atom stereocenters. The van der Waals surface area contributed by atoms with Crippen LogP contribution >= 0.6 is 11.8 Å². The lowest BCUT2D eigenvalue weighted by molar-refractivity contribution is -0.155. The third-order valence-corrected chi connectivity index (χ3v) is 4.87. The van der Waals surface area contributed by atoms with Crippen molar-refractivity contribution in [1.29, 1.82) is 0 Å². The zero-order valence-corrected chi connectivity index (χ0v) is 19.7. The monoisotopic (exact) mass is 433 g/mol. The number of carbonyl (C=O) groups is 4. The van der Waals surface area contributed by atoms with Crippen LogP contribution in [0.4, 0.5) is 4.79 Å². The largest absolute Gasteiger partial charge is 0.467 e. The molecule has 9 nitrogen and oxygen atoms in total. The van der Waals surface area contributed by atoms with E-state index in [9.17, 15) is 19.2 Å². The minimum Gasteiger partial charge on any atom is -0.467 e. The number of hydrogen-bond donors (Lipinski definition) is 1. The van der Waals surface area contributed by atoms with Gasteiger partial charge in [0.25, 0.3) is 0 Å². The molecule has 0 saturated heterocycles. The Hall–Kier alpha value is -1.97. The molecule has 0 spiro atoms. The first-order valence-electron chi connectivity index (χ1n) is 9.35. The third kappa shape index (κ3) is 9.38. The molecule has 29 heavy (non-hydrogen) atoms. The highest BCUT2D eigenvalue weighted by molar-refractivity contribution is 7.99. The number of hydrogen-bond acceptors (Lipinski definition) is 7. The zero-order valence-electron chi connectivity index (χ0n) is 18.9. The fourth-order valence-electron chi connectivity index (χ4n) is 2.50. The summed E-state index contributed by atoms with van der Waals surface area (Å²) in [5.74, 6) is -0.821. The zero-order chi connectivity index (χ0) is 22.9. The van der Waals surface area contributed by atoms with Gasteiger partial charge in [-0.2, -0.15) is 0 Å². The normalized spacial score (nSPS) is 13.3. The van der Waals surface area contributed by atoms with Gasteiger partial charge in [0.1, 0.15) is 17.7 Å². The molecule has 0 aliphatic heterocycles. The molecule has 0 aromatic rings. The molecule has 0 aromatic heterocycles. The lowest BCUT2D eigenvalue weighted by atomic mass is 10.0. The number of likely N-dealkylation sites (N-methyl/N-ethyl adjacent to an activating group) is 2. The molecule has 2 atom stereocenters. The molecule has 0 rings (SSSR count). The molecular weight excluding hydrogens is 398 g/mol. The Morgan fingerprint density at radius 3 is 2.03 bits per heavy atom. The molecule has 1 N–H and O–H groups in total. The van der Waals surface area contributed by atoms with Crippen LogP contribution < -0.4 is 5.32 Å². The molecule has 0 heterocycles. The van der Waals surface area contributed by atoms with Crippen LogP contribution in [0, 0.1) is 5.92 Å². The first kappa shape index (κ1) is 27.0. The van der Waals surface area contributed by atoms with E-state index in [1.807, 2.05) is 13.8 Å². The van der Waals surface area contributed by atoms with Gasteiger partial charge in [0.05, 0.1) is 13.0 Å². The maximum absolute atomic E-state index is 13.2. The summed E-state index contributed by atoms with van der Waals surface area (Å²) in [5.41, 5.74) is -0.722. The average molecular weight is 434 g/mol. The van der Waals surface area contributed by atoms with E-state index in [1.165, 1.54) is 49.7 Å². The second-order valence-electron chi connectivity index (χ2n) is 8.02. The highest BCUT2D eigenvalue weighted by atomic mass is 32.2. The number of nitrogens with zero attached hydrogens (tertiary/aromatic N) is 2. The predicted octanol–water partition coefficient (Wildman–Crippen LogP) is 1.70. The maximum atomic E-state index is 13.2. The molecule has 0 fully saturated rings. The van der Waals surface area contributed by atoms with E-state index in [0.29, 0.717) is 0 Å². The van der Waals surface area contributed by atoms with Crippen LogP contribution in [0.5, 0.6) is 0 Å². The lowest BCUT2D eigenvalue weighted by Gasteiger charge is -2.35. The van der Waals surface area contributed by atoms with Crippen LogP contribution in [-0.2, 0) is 23.9 Å². The van der Waals surface area contributed by atoms with Crippen molar-refractivity contribution in [2.75, 3.05) is 32.8 Å². The second-order valence-corrected chi connectivity index (χ2v) is 9.05. The number of thioether (sulfide) groups is 1. The van der Waals surface area contributed by atoms with Gasteiger partial charge in [-0.05, 0) is 26.7 Å². The minimum atomic E-state index is -0.889. The Balaban J connectivity index is 5.57. The number of nitrogens with one attached hydrogen (secondary N) is 1. The SMILES string of the molecule is COC(=O)[C@H](C(C)C)N(C)C(=O)[C@H](CSCNC(C)=O)N(C)C(=O)OC(C)(C)C. The van der Waals surface area contributed by atoms with Gasteiger partial charge in [-0.3, -0.25) is 14.5 Å². The number of methoxy groups -OCH3 is 1. The highest BCUT2D eigenvalue weighted by Gasteiger charge is 2.37. The van der Waals surface area contributed by atoms with Gasteiger partial charge in [0, 0.05) is 26.8 Å². The Labute approximate surface area is 177 Å². The molecular formula is C19H35N3O6S. The van der Waals surface area contributed by atoms with Gasteiger partial charge in [-0.25, -0.2) is 9.59 Å². The van der Waals surface area contributed by atoms with Crippen molar-refractivity contribution in [3.63, 3.8) is 0 Å². The summed E-state index contributed by atoms with van der Waals surface area (Å²) in [6.45, 7) is 10.2. The fraction of sp³-hybridized carbons (Fsp3) is 0.789. The number of carbonyl (C=O) groups excluding carboxylic acids is 4. The summed E-state index contributed by atoms with van der Waals surface area (Å²) < 4.78 is 10.2. The van der Waals surface area contributed by atoms with Gasteiger partial charge >= 0.3 is 12.1 Å². The topological polar surface area (TPSA) is 105 Å².